The summed E-state index contributed by atoms with van der Waals surface area (Å²) in [6.07, 6.45) is -25.2. The average Bonchev–Trinajstić information content (AvgIpc) is 2.90. The minimum Gasteiger partial charge on any atom is -0.479 e. The van der Waals surface area contributed by atoms with Gasteiger partial charge in [-0.2, -0.15) is 0 Å². The number of esters is 2. The molecule has 8 fully saturated rings. The fourth-order valence-corrected chi connectivity index (χ4v) is 16.5. The molecule has 0 aromatic carbocycles. The van der Waals surface area contributed by atoms with Gasteiger partial charge in [-0.05, 0) is 109 Å². The molecule has 4 saturated carbocycles. The van der Waals surface area contributed by atoms with Crippen molar-refractivity contribution in [3.05, 3.63) is 11.6 Å². The topological polar surface area (TPSA) is 377 Å². The number of aliphatic hydroxyl groups is 11. The second-order valence-corrected chi connectivity index (χ2v) is 26.4. The number of hydrogen-bond acceptors (Lipinski definition) is 23. The zero-order valence-corrected chi connectivity index (χ0v) is 46.3. The van der Waals surface area contributed by atoms with Gasteiger partial charge < -0.3 is 104 Å². The Labute approximate surface area is 459 Å². The molecular formula is C55H86O24. The third-order valence-electron chi connectivity index (χ3n) is 21.3. The normalized spacial score (nSPS) is 51.3. The molecule has 0 aromatic heterocycles. The Bertz CT molecular complexity index is 2260. The van der Waals surface area contributed by atoms with E-state index in [4.69, 9.17) is 42.6 Å². The Morgan fingerprint density at radius 1 is 0.608 bits per heavy atom. The van der Waals surface area contributed by atoms with Crippen LogP contribution in [0.1, 0.15) is 120 Å². The first-order valence-electron chi connectivity index (χ1n) is 28.1. The maximum Gasteiger partial charge on any atom is 0.335 e. The van der Waals surface area contributed by atoms with Gasteiger partial charge in [0.1, 0.15) is 73.2 Å². The summed E-state index contributed by atoms with van der Waals surface area (Å²) in [7, 11) is 0. The van der Waals surface area contributed by atoms with Crippen LogP contribution >= 0.6 is 0 Å². The summed E-state index contributed by atoms with van der Waals surface area (Å²) in [5.74, 6) is -3.24. The van der Waals surface area contributed by atoms with E-state index in [2.05, 4.69) is 54.5 Å². The van der Waals surface area contributed by atoms with Gasteiger partial charge >= 0.3 is 17.9 Å². The fourth-order valence-electron chi connectivity index (χ4n) is 16.5. The number of aliphatic hydroxyl groups excluding tert-OH is 11. The SMILES string of the molecule is CC(=O)OC1C(OC2OC(CO)C(O)C(O)C2O)C(OC2CCC3(C)C(CCC4(C)C3CC=C3C5CC(C)(C)CCC5(C(=O)OC5OC(CO)C(O)C(O)C5O)CCC34C)C2(C)C)OC(C(=O)O)C1OC1OCC(O)C(O)C1O. The molecule has 4 aliphatic heterocycles. The summed E-state index contributed by atoms with van der Waals surface area (Å²) in [6, 6.07) is 0. The van der Waals surface area contributed by atoms with Crippen molar-refractivity contribution in [1.82, 2.24) is 0 Å². The van der Waals surface area contributed by atoms with Crippen molar-refractivity contribution in [3.63, 3.8) is 0 Å². The van der Waals surface area contributed by atoms with E-state index in [9.17, 15) is 75.7 Å². The third kappa shape index (κ3) is 10.2. The monoisotopic (exact) mass is 1130 g/mol. The predicted octanol–water partition coefficient (Wildman–Crippen LogP) is -0.733. The predicted molar refractivity (Wildman–Crippen MR) is 267 cm³/mol. The molecule has 24 nitrogen and oxygen atoms in total. The van der Waals surface area contributed by atoms with Crippen molar-refractivity contribution in [2.24, 2.45) is 50.2 Å². The number of rotatable bonds is 12. The standard InChI is InChI=1S/C55H86O24/c1-23(58)72-41-40(76-45-37(65)32(60)26(59)22-71-45)42(44(68)69)77-48(43(41)78-46-38(66)35(63)33(61)27(20-56)73-46)75-31-12-13-52(6)29(51(31,4)5)11-14-54(8)30(52)10-9-24-25-19-50(2,3)15-17-55(25,18-16-53(24,54)7)49(70)79-47-39(67)36(64)34(62)28(21-57)74-47/h9,25-43,45-48,56-57,59-67H,10-22H2,1-8H3,(H,68,69). The molecule has 5 aliphatic carbocycles. The number of ether oxygens (including phenoxy) is 9. The van der Waals surface area contributed by atoms with Crippen LogP contribution in [0.5, 0.6) is 0 Å². The van der Waals surface area contributed by atoms with E-state index in [-0.39, 0.29) is 39.4 Å². The molecule has 79 heavy (non-hydrogen) atoms. The van der Waals surface area contributed by atoms with Crippen LogP contribution in [-0.2, 0) is 57.0 Å². The highest BCUT2D eigenvalue weighted by molar-refractivity contribution is 5.79. The Morgan fingerprint density at radius 2 is 1.20 bits per heavy atom. The van der Waals surface area contributed by atoms with Crippen LogP contribution in [0.3, 0.4) is 0 Å². The van der Waals surface area contributed by atoms with E-state index in [1.807, 2.05) is 0 Å². The highest BCUT2D eigenvalue weighted by Crippen LogP contribution is 2.76. The summed E-state index contributed by atoms with van der Waals surface area (Å²) in [5, 5.41) is 127. The smallest absolute Gasteiger partial charge is 0.335 e. The van der Waals surface area contributed by atoms with E-state index in [1.54, 1.807) is 0 Å². The summed E-state index contributed by atoms with van der Waals surface area (Å²) in [5.41, 5.74) is -1.54. The maximum atomic E-state index is 14.8. The molecule has 24 heteroatoms. The molecule has 12 N–H and O–H groups in total. The Morgan fingerprint density at radius 3 is 1.82 bits per heavy atom. The molecule has 0 amide bonds. The highest BCUT2D eigenvalue weighted by Gasteiger charge is 2.70. The molecule has 4 heterocycles. The van der Waals surface area contributed by atoms with Crippen LogP contribution in [-0.4, -0.2) is 222 Å². The van der Waals surface area contributed by atoms with Crippen LogP contribution in [0, 0.1) is 50.2 Å². The molecule has 0 aromatic rings. The first kappa shape index (κ1) is 61.0. The molecule has 9 rings (SSSR count). The Kier molecular flexibility index (Phi) is 17.1. The lowest BCUT2D eigenvalue weighted by atomic mass is 9.33. The van der Waals surface area contributed by atoms with Gasteiger partial charge in [-0.15, -0.1) is 0 Å². The molecule has 9 aliphatic rings. The van der Waals surface area contributed by atoms with Gasteiger partial charge in [-0.25, -0.2) is 4.79 Å². The van der Waals surface area contributed by atoms with Gasteiger partial charge in [0, 0.05) is 6.92 Å². The molecule has 27 atom stereocenters. The van der Waals surface area contributed by atoms with Crippen molar-refractivity contribution in [1.29, 1.82) is 0 Å². The molecule has 4 saturated heterocycles. The van der Waals surface area contributed by atoms with Gasteiger partial charge in [0.2, 0.25) is 6.29 Å². The molecular weight excluding hydrogens is 1040 g/mol. The first-order valence-corrected chi connectivity index (χ1v) is 28.1. The Balaban J connectivity index is 1.01. The summed E-state index contributed by atoms with van der Waals surface area (Å²) < 4.78 is 54.2. The van der Waals surface area contributed by atoms with Crippen molar-refractivity contribution in [2.75, 3.05) is 19.8 Å². The average molecular weight is 1130 g/mol. The van der Waals surface area contributed by atoms with Gasteiger partial charge in [0.15, 0.2) is 37.2 Å². The molecule has 0 spiro atoms. The van der Waals surface area contributed by atoms with Crippen LogP contribution in [0.2, 0.25) is 0 Å². The van der Waals surface area contributed by atoms with Crippen molar-refractivity contribution < 1.29 is 118 Å². The van der Waals surface area contributed by atoms with Crippen LogP contribution in [0.15, 0.2) is 11.6 Å². The largest absolute Gasteiger partial charge is 0.479 e. The van der Waals surface area contributed by atoms with E-state index in [1.165, 1.54) is 5.57 Å². The maximum absolute atomic E-state index is 14.8. The van der Waals surface area contributed by atoms with Gasteiger partial charge in [0.25, 0.3) is 0 Å². The molecule has 450 valence electrons. The minimum atomic E-state index is -2.04. The van der Waals surface area contributed by atoms with E-state index in [0.29, 0.717) is 44.9 Å². The summed E-state index contributed by atoms with van der Waals surface area (Å²) in [4.78, 5) is 41.1. The minimum absolute atomic E-state index is 0.0177. The first-order chi connectivity index (χ1) is 36.9. The lowest BCUT2D eigenvalue weighted by Crippen LogP contribution is -2.68. The number of allylic oxidation sites excluding steroid dienone is 2. The lowest BCUT2D eigenvalue weighted by molar-refractivity contribution is -0.388. The second-order valence-electron chi connectivity index (χ2n) is 26.4. The molecule has 0 bridgehead atoms. The van der Waals surface area contributed by atoms with Gasteiger partial charge in [0.05, 0.1) is 31.3 Å². The van der Waals surface area contributed by atoms with Gasteiger partial charge in [-0.1, -0.05) is 60.1 Å². The van der Waals surface area contributed by atoms with Crippen LogP contribution in [0.4, 0.5) is 0 Å². The van der Waals surface area contributed by atoms with Crippen molar-refractivity contribution in [2.45, 2.75) is 242 Å². The number of carboxylic acid groups (broad SMARTS) is 1. The highest BCUT2D eigenvalue weighted by atomic mass is 16.8. The van der Waals surface area contributed by atoms with Crippen molar-refractivity contribution >= 4 is 17.9 Å². The number of carbonyl (C=O) groups is 3. The number of carbonyl (C=O) groups excluding carboxylic acids is 2. The summed E-state index contributed by atoms with van der Waals surface area (Å²) in [6.45, 7) is 14.6. The van der Waals surface area contributed by atoms with Crippen molar-refractivity contribution in [3.8, 4) is 0 Å². The third-order valence-corrected chi connectivity index (χ3v) is 21.3. The quantitative estimate of drug-likeness (QED) is 0.0651. The zero-order chi connectivity index (χ0) is 57.9. The van der Waals surface area contributed by atoms with Crippen LogP contribution in [0.25, 0.3) is 0 Å². The second kappa shape index (κ2) is 22.1. The number of hydrogen-bond donors (Lipinski definition) is 12. The van der Waals surface area contributed by atoms with E-state index in [0.717, 1.165) is 26.2 Å². The number of fused-ring (bicyclic) bond motifs is 7. The number of aliphatic carboxylic acids is 1. The molecule has 0 radical (unpaired) electrons. The lowest BCUT2D eigenvalue weighted by Gasteiger charge is -2.71. The Hall–Kier alpha value is -2.57. The van der Waals surface area contributed by atoms with E-state index >= 15 is 0 Å². The summed E-state index contributed by atoms with van der Waals surface area (Å²) >= 11 is 0. The fraction of sp³-hybridized carbons (Fsp3) is 0.909. The van der Waals surface area contributed by atoms with Crippen LogP contribution < -0.4 is 0 Å². The van der Waals surface area contributed by atoms with E-state index < -0.39 is 171 Å². The van der Waals surface area contributed by atoms with Gasteiger partial charge in [-0.3, -0.25) is 9.59 Å². The zero-order valence-electron chi connectivity index (χ0n) is 46.3. The number of carboxylic acids is 1. The molecule has 27 unspecified atom stereocenters.